The van der Waals surface area contributed by atoms with Gasteiger partial charge in [-0.05, 0) is 56.7 Å². The summed E-state index contributed by atoms with van der Waals surface area (Å²) in [5, 5.41) is 13.1. The topological polar surface area (TPSA) is 93.6 Å². The van der Waals surface area contributed by atoms with Gasteiger partial charge in [-0.25, -0.2) is 14.8 Å². The van der Waals surface area contributed by atoms with E-state index in [2.05, 4.69) is 46.6 Å². The summed E-state index contributed by atoms with van der Waals surface area (Å²) < 4.78 is 12.6. The molecule has 0 spiro atoms. The zero-order valence-corrected chi connectivity index (χ0v) is 26.7. The summed E-state index contributed by atoms with van der Waals surface area (Å²) in [6.45, 7) is 11.1. The Morgan fingerprint density at radius 2 is 2.00 bits per heavy atom. The van der Waals surface area contributed by atoms with Crippen molar-refractivity contribution in [2.75, 3.05) is 36.3 Å². The monoisotopic (exact) mass is 608 g/mol. The van der Waals surface area contributed by atoms with E-state index in [1.54, 1.807) is 23.6 Å². The van der Waals surface area contributed by atoms with Crippen LogP contribution in [0.5, 0.6) is 0 Å². The molecule has 1 aromatic carbocycles. The molecule has 1 fully saturated rings. The second kappa shape index (κ2) is 11.7. The standard InChI is InChI=1S/C29H36N6O3S2Si/c1-5-38-27(36)22-17-39-28(31-22)34-14-8-9-20-24(19-12-13-19)26(33-32-25(20)34)35(18-37-15-16-41(2,3)4)29-30-21-10-6-7-11-23(21)40-29/h6-7,10-11,17,19H,5,8-9,12-16,18H2,1-4H3. The predicted molar refractivity (Wildman–Crippen MR) is 168 cm³/mol. The minimum absolute atomic E-state index is 0.324. The lowest BCUT2D eigenvalue weighted by molar-refractivity contribution is 0.0520. The number of fused-ring (bicyclic) bond motifs is 2. The molecule has 9 nitrogen and oxygen atoms in total. The third-order valence-electron chi connectivity index (χ3n) is 7.32. The molecular weight excluding hydrogens is 573 g/mol. The van der Waals surface area contributed by atoms with Gasteiger partial charge in [0.15, 0.2) is 27.6 Å². The summed E-state index contributed by atoms with van der Waals surface area (Å²) in [7, 11) is -1.23. The summed E-state index contributed by atoms with van der Waals surface area (Å²) in [5.74, 6) is 1.74. The van der Waals surface area contributed by atoms with Crippen molar-refractivity contribution in [1.29, 1.82) is 0 Å². The maximum atomic E-state index is 12.3. The van der Waals surface area contributed by atoms with Crippen molar-refractivity contribution in [3.63, 3.8) is 0 Å². The van der Waals surface area contributed by atoms with Gasteiger partial charge < -0.3 is 14.4 Å². The van der Waals surface area contributed by atoms with Crippen LogP contribution in [0.25, 0.3) is 10.2 Å². The van der Waals surface area contributed by atoms with Crippen LogP contribution in [0.3, 0.4) is 0 Å². The molecule has 0 bridgehead atoms. The Bertz CT molecular complexity index is 1510. The van der Waals surface area contributed by atoms with Crippen LogP contribution >= 0.6 is 22.7 Å². The van der Waals surface area contributed by atoms with Crippen LogP contribution in [-0.2, 0) is 15.9 Å². The van der Waals surface area contributed by atoms with Gasteiger partial charge in [-0.15, -0.1) is 21.5 Å². The molecular formula is C29H36N6O3S2Si. The van der Waals surface area contributed by atoms with Gasteiger partial charge in [-0.3, -0.25) is 4.90 Å². The number of carbonyl (C=O) groups excluding carboxylic acids is 1. The van der Waals surface area contributed by atoms with Crippen LogP contribution in [0.2, 0.25) is 25.7 Å². The smallest absolute Gasteiger partial charge is 0.357 e. The van der Waals surface area contributed by atoms with E-state index < -0.39 is 14.0 Å². The first-order valence-corrected chi connectivity index (χ1v) is 19.7. The van der Waals surface area contributed by atoms with Crippen molar-refractivity contribution in [2.24, 2.45) is 0 Å². The zero-order chi connectivity index (χ0) is 28.6. The van der Waals surface area contributed by atoms with Crippen LogP contribution in [-0.4, -0.2) is 60.7 Å². The number of ether oxygens (including phenoxy) is 2. The van der Waals surface area contributed by atoms with E-state index in [-0.39, 0.29) is 0 Å². The highest BCUT2D eigenvalue weighted by Crippen LogP contribution is 2.50. The first-order chi connectivity index (χ1) is 19.8. The number of hydrogen-bond acceptors (Lipinski definition) is 11. The van der Waals surface area contributed by atoms with Gasteiger partial charge in [-0.1, -0.05) is 43.1 Å². The van der Waals surface area contributed by atoms with Gasteiger partial charge in [0, 0.05) is 37.7 Å². The number of thiazole rings is 2. The molecule has 2 aliphatic rings. The zero-order valence-electron chi connectivity index (χ0n) is 24.1. The molecule has 0 N–H and O–H groups in total. The summed E-state index contributed by atoms with van der Waals surface area (Å²) in [5.41, 5.74) is 3.80. The summed E-state index contributed by atoms with van der Waals surface area (Å²) in [4.78, 5) is 26.1. The molecule has 1 aliphatic heterocycles. The van der Waals surface area contributed by atoms with Crippen LogP contribution in [0.1, 0.15) is 53.7 Å². The highest BCUT2D eigenvalue weighted by atomic mass is 32.1. The van der Waals surface area contributed by atoms with E-state index >= 15 is 0 Å². The Labute approximate surface area is 249 Å². The molecule has 0 radical (unpaired) electrons. The van der Waals surface area contributed by atoms with Gasteiger partial charge in [0.05, 0.1) is 16.8 Å². The molecule has 6 rings (SSSR count). The number of hydrogen-bond donors (Lipinski definition) is 0. The predicted octanol–water partition coefficient (Wildman–Crippen LogP) is 7.13. The highest BCUT2D eigenvalue weighted by molar-refractivity contribution is 7.22. The minimum Gasteiger partial charge on any atom is -0.461 e. The Morgan fingerprint density at radius 1 is 1.17 bits per heavy atom. The molecule has 0 atom stereocenters. The molecule has 1 saturated carbocycles. The molecule has 0 saturated heterocycles. The minimum atomic E-state index is -1.23. The lowest BCUT2D eigenvalue weighted by atomic mass is 9.97. The van der Waals surface area contributed by atoms with Crippen LogP contribution < -0.4 is 9.80 Å². The number of nitrogens with zero attached hydrogens (tertiary/aromatic N) is 6. The van der Waals surface area contributed by atoms with Crippen molar-refractivity contribution in [1.82, 2.24) is 20.2 Å². The number of carbonyl (C=O) groups is 1. The molecule has 1 aliphatic carbocycles. The number of benzene rings is 1. The van der Waals surface area contributed by atoms with Gasteiger partial charge >= 0.3 is 5.97 Å². The average molecular weight is 609 g/mol. The fourth-order valence-electron chi connectivity index (χ4n) is 5.04. The molecule has 216 valence electrons. The van der Waals surface area contributed by atoms with Crippen molar-refractivity contribution in [3.8, 4) is 0 Å². The van der Waals surface area contributed by atoms with Gasteiger partial charge in [0.25, 0.3) is 0 Å². The lowest BCUT2D eigenvalue weighted by Crippen LogP contribution is -2.30. The maximum absolute atomic E-state index is 12.3. The third-order valence-corrected chi connectivity index (χ3v) is 10.9. The van der Waals surface area contributed by atoms with Gasteiger partial charge in [0.2, 0.25) is 0 Å². The van der Waals surface area contributed by atoms with E-state index in [0.29, 0.717) is 24.9 Å². The second-order valence-corrected chi connectivity index (χ2v) is 19.2. The van der Waals surface area contributed by atoms with Crippen molar-refractivity contribution in [2.45, 2.75) is 64.2 Å². The normalized spacial score (nSPS) is 15.3. The summed E-state index contributed by atoms with van der Waals surface area (Å²) in [6.07, 6.45) is 4.18. The van der Waals surface area contributed by atoms with Crippen LogP contribution in [0, 0.1) is 0 Å². The quantitative estimate of drug-likeness (QED) is 0.0763. The van der Waals surface area contributed by atoms with Crippen molar-refractivity contribution < 1.29 is 14.3 Å². The summed E-state index contributed by atoms with van der Waals surface area (Å²) >= 11 is 3.10. The van der Waals surface area contributed by atoms with E-state index in [0.717, 1.165) is 77.0 Å². The first-order valence-electron chi connectivity index (χ1n) is 14.3. The second-order valence-electron chi connectivity index (χ2n) is 11.7. The maximum Gasteiger partial charge on any atom is 0.357 e. The van der Waals surface area contributed by atoms with Gasteiger partial charge in [0.1, 0.15) is 6.73 Å². The van der Waals surface area contributed by atoms with Crippen LogP contribution in [0.15, 0.2) is 29.6 Å². The molecule has 0 amide bonds. The van der Waals surface area contributed by atoms with Crippen LogP contribution in [0.4, 0.5) is 21.9 Å². The lowest BCUT2D eigenvalue weighted by Gasteiger charge is -2.31. The Morgan fingerprint density at radius 3 is 2.76 bits per heavy atom. The molecule has 12 heteroatoms. The number of esters is 1. The number of rotatable bonds is 11. The fourth-order valence-corrected chi connectivity index (χ4v) is 7.57. The molecule has 0 unspecified atom stereocenters. The Balaban J connectivity index is 1.38. The summed E-state index contributed by atoms with van der Waals surface area (Å²) in [6, 6.07) is 9.33. The molecule has 4 heterocycles. The number of anilines is 4. The van der Waals surface area contributed by atoms with E-state index in [4.69, 9.17) is 24.7 Å². The SMILES string of the molecule is CCOC(=O)c1csc(N2CCCc3c2nnc(N(COCC[Si](C)(C)C)c2nc4ccccc4s2)c3C2CC2)n1. The van der Waals surface area contributed by atoms with E-state index in [1.807, 2.05) is 12.1 Å². The molecule has 3 aromatic heterocycles. The fraction of sp³-hybridized carbons (Fsp3) is 0.483. The molecule has 4 aromatic rings. The number of para-hydroxylation sites is 1. The van der Waals surface area contributed by atoms with Gasteiger partial charge in [-0.2, -0.15) is 0 Å². The number of aromatic nitrogens is 4. The van der Waals surface area contributed by atoms with Crippen molar-refractivity contribution >= 4 is 68.8 Å². The van der Waals surface area contributed by atoms with Crippen molar-refractivity contribution in [3.05, 3.63) is 46.5 Å². The van der Waals surface area contributed by atoms with E-state index in [9.17, 15) is 4.79 Å². The van der Waals surface area contributed by atoms with E-state index in [1.165, 1.54) is 22.5 Å². The first kappa shape index (κ1) is 28.2. The molecule has 41 heavy (non-hydrogen) atoms. The Kier molecular flexibility index (Phi) is 8.08. The highest BCUT2D eigenvalue weighted by Gasteiger charge is 2.37. The largest absolute Gasteiger partial charge is 0.461 e. The third kappa shape index (κ3) is 6.15. The Hall–Kier alpha value is -2.93. The average Bonchev–Trinajstić information content (AvgIpc) is 3.49.